The number of guanidine groups is 1. The van der Waals surface area contributed by atoms with Crippen LogP contribution in [0.15, 0.2) is 17.1 Å². The Kier molecular flexibility index (Phi) is 4.79. The normalized spacial score (nSPS) is 14.7. The van der Waals surface area contributed by atoms with E-state index in [1.807, 2.05) is 6.07 Å². The molecule has 6 N–H and O–H groups in total. The zero-order chi connectivity index (χ0) is 20.6. The summed E-state index contributed by atoms with van der Waals surface area (Å²) in [6.45, 7) is 0. The van der Waals surface area contributed by atoms with Crippen molar-refractivity contribution in [1.29, 1.82) is 10.5 Å². The van der Waals surface area contributed by atoms with Gasteiger partial charge in [0.25, 0.3) is 5.69 Å². The summed E-state index contributed by atoms with van der Waals surface area (Å²) in [5.74, 6) is -0.159. The summed E-state index contributed by atoms with van der Waals surface area (Å²) in [5, 5.41) is 34.7. The highest BCUT2D eigenvalue weighted by Gasteiger charge is 2.35. The number of rotatable bonds is 2. The third-order valence-corrected chi connectivity index (χ3v) is 4.76. The van der Waals surface area contributed by atoms with Crippen LogP contribution in [0, 0.1) is 32.9 Å². The topological polar surface area (TPSA) is 192 Å². The predicted molar refractivity (Wildman–Crippen MR) is 103 cm³/mol. The standard InChI is InChI=1S/C15H9Cl2N9O2/c16-6-1-2-7(26(27)28)8(10(6)17)12-9-11(20)5(3-18)13(21)24-14(9)25-15(23-12)22-4-19/h1-2,12H,(H6,20,21,22,23,24,25). The number of aliphatic imine (C=N–C) groups is 1. The molecule has 28 heavy (non-hydrogen) atoms. The van der Waals surface area contributed by atoms with Gasteiger partial charge in [-0.2, -0.15) is 10.5 Å². The maximum absolute atomic E-state index is 11.6. The Labute approximate surface area is 167 Å². The van der Waals surface area contributed by atoms with Crippen LogP contribution in [0.5, 0.6) is 0 Å². The van der Waals surface area contributed by atoms with Gasteiger partial charge in [-0.25, -0.2) is 9.98 Å². The summed E-state index contributed by atoms with van der Waals surface area (Å²) in [7, 11) is 0. The van der Waals surface area contributed by atoms with Crippen LogP contribution in [0.4, 0.5) is 23.0 Å². The first-order chi connectivity index (χ1) is 13.3. The number of benzene rings is 1. The first kappa shape index (κ1) is 19.0. The second-order valence-electron chi connectivity index (χ2n) is 5.45. The molecule has 11 nitrogen and oxygen atoms in total. The lowest BCUT2D eigenvalue weighted by molar-refractivity contribution is -0.385. The summed E-state index contributed by atoms with van der Waals surface area (Å²) < 4.78 is 0. The minimum Gasteiger partial charge on any atom is -0.397 e. The SMILES string of the molecule is N#CNC1=NC(c2c([N+](=O)[O-])ccc(Cl)c2Cl)c2c(nc(N)c(C#N)c2N)N1. The average Bonchev–Trinajstić information content (AvgIpc) is 2.63. The molecule has 3 rings (SSSR count). The molecule has 13 heteroatoms. The van der Waals surface area contributed by atoms with Crippen LogP contribution in [0.2, 0.25) is 10.0 Å². The molecule has 1 aromatic carbocycles. The minimum absolute atomic E-state index is 0.0508. The molecule has 1 aliphatic rings. The number of nitrogens with zero attached hydrogens (tertiary/aromatic N) is 5. The van der Waals surface area contributed by atoms with E-state index in [-0.39, 0.29) is 55.7 Å². The van der Waals surface area contributed by atoms with E-state index in [2.05, 4.69) is 20.6 Å². The number of fused-ring (bicyclic) bond motifs is 1. The summed E-state index contributed by atoms with van der Waals surface area (Å²) >= 11 is 12.3. The zero-order valence-electron chi connectivity index (χ0n) is 13.7. The predicted octanol–water partition coefficient (Wildman–Crippen LogP) is 2.27. The molecule has 2 heterocycles. The van der Waals surface area contributed by atoms with Crippen LogP contribution < -0.4 is 22.1 Å². The molecule has 1 aliphatic heterocycles. The molecular weight excluding hydrogens is 409 g/mol. The quantitative estimate of drug-likeness (QED) is 0.245. The minimum atomic E-state index is -1.18. The summed E-state index contributed by atoms with van der Waals surface area (Å²) in [6, 6.07) is 3.10. The lowest BCUT2D eigenvalue weighted by Gasteiger charge is -2.26. The Bertz CT molecular complexity index is 1130. The molecule has 0 aliphatic carbocycles. The van der Waals surface area contributed by atoms with E-state index in [1.54, 1.807) is 6.19 Å². The number of nitro groups is 1. The van der Waals surface area contributed by atoms with Gasteiger partial charge >= 0.3 is 0 Å². The number of pyridine rings is 1. The van der Waals surface area contributed by atoms with Crippen LogP contribution in [0.3, 0.4) is 0 Å². The van der Waals surface area contributed by atoms with Gasteiger partial charge in [-0.1, -0.05) is 23.2 Å². The fraction of sp³-hybridized carbons (Fsp3) is 0.0667. The first-order valence-corrected chi connectivity index (χ1v) is 8.16. The van der Waals surface area contributed by atoms with Crippen LogP contribution >= 0.6 is 23.2 Å². The highest BCUT2D eigenvalue weighted by Crippen LogP contribution is 2.47. The van der Waals surface area contributed by atoms with Crippen LogP contribution in [-0.4, -0.2) is 15.9 Å². The van der Waals surface area contributed by atoms with E-state index in [9.17, 15) is 15.4 Å². The van der Waals surface area contributed by atoms with E-state index in [4.69, 9.17) is 39.9 Å². The molecular formula is C15H9Cl2N9O2. The van der Waals surface area contributed by atoms with Crippen LogP contribution in [0.25, 0.3) is 0 Å². The van der Waals surface area contributed by atoms with Gasteiger partial charge in [-0.3, -0.25) is 15.4 Å². The van der Waals surface area contributed by atoms with Crippen molar-refractivity contribution in [3.05, 3.63) is 49.0 Å². The van der Waals surface area contributed by atoms with Gasteiger partial charge in [-0.15, -0.1) is 0 Å². The summed E-state index contributed by atoms with van der Waals surface area (Å²) in [4.78, 5) is 19.2. The maximum Gasteiger partial charge on any atom is 0.276 e. The molecule has 2 aromatic rings. The Morgan fingerprint density at radius 1 is 1.29 bits per heavy atom. The highest BCUT2D eigenvalue weighted by atomic mass is 35.5. The summed E-state index contributed by atoms with van der Waals surface area (Å²) in [6.07, 6.45) is 1.68. The second-order valence-corrected chi connectivity index (χ2v) is 6.24. The number of nitrogens with one attached hydrogen (secondary N) is 2. The lowest BCUT2D eigenvalue weighted by atomic mass is 9.94. The molecule has 0 bridgehead atoms. The van der Waals surface area contributed by atoms with Gasteiger partial charge in [-0.05, 0) is 6.07 Å². The molecule has 1 unspecified atom stereocenters. The lowest BCUT2D eigenvalue weighted by Crippen LogP contribution is -2.33. The summed E-state index contributed by atoms with van der Waals surface area (Å²) in [5.41, 5.74) is 11.4. The van der Waals surface area contributed by atoms with E-state index in [0.29, 0.717) is 0 Å². The Morgan fingerprint density at radius 2 is 2.00 bits per heavy atom. The Balaban J connectivity index is 2.40. The molecule has 0 spiro atoms. The van der Waals surface area contributed by atoms with E-state index in [0.717, 1.165) is 0 Å². The number of nitriles is 2. The van der Waals surface area contributed by atoms with E-state index in [1.165, 1.54) is 12.1 Å². The van der Waals surface area contributed by atoms with E-state index < -0.39 is 11.0 Å². The molecule has 0 radical (unpaired) electrons. The number of nitrogens with two attached hydrogens (primary N) is 2. The van der Waals surface area contributed by atoms with Crippen molar-refractivity contribution >= 4 is 52.2 Å². The van der Waals surface area contributed by atoms with Crippen LogP contribution in [-0.2, 0) is 0 Å². The number of anilines is 3. The van der Waals surface area contributed by atoms with Gasteiger partial charge in [0.05, 0.1) is 26.2 Å². The Morgan fingerprint density at radius 3 is 2.61 bits per heavy atom. The van der Waals surface area contributed by atoms with Crippen molar-refractivity contribution in [1.82, 2.24) is 10.3 Å². The first-order valence-electron chi connectivity index (χ1n) is 7.41. The van der Waals surface area contributed by atoms with Gasteiger partial charge in [0.2, 0.25) is 5.96 Å². The van der Waals surface area contributed by atoms with Crippen molar-refractivity contribution in [3.8, 4) is 12.3 Å². The zero-order valence-corrected chi connectivity index (χ0v) is 15.2. The highest BCUT2D eigenvalue weighted by molar-refractivity contribution is 6.42. The van der Waals surface area contributed by atoms with Crippen molar-refractivity contribution in [2.75, 3.05) is 16.8 Å². The molecule has 0 amide bonds. The monoisotopic (exact) mass is 417 g/mol. The van der Waals surface area contributed by atoms with E-state index >= 15 is 0 Å². The fourth-order valence-corrected chi connectivity index (χ4v) is 3.19. The second kappa shape index (κ2) is 7.08. The number of halogens is 2. The van der Waals surface area contributed by atoms with Gasteiger partial charge in [0, 0.05) is 11.6 Å². The van der Waals surface area contributed by atoms with Crippen molar-refractivity contribution in [2.45, 2.75) is 6.04 Å². The number of hydrogen-bond donors (Lipinski definition) is 4. The Hall–Kier alpha value is -3.80. The molecule has 1 aromatic heterocycles. The average molecular weight is 418 g/mol. The number of hydrogen-bond acceptors (Lipinski definition) is 10. The van der Waals surface area contributed by atoms with Crippen molar-refractivity contribution in [3.63, 3.8) is 0 Å². The molecule has 0 fully saturated rings. The van der Waals surface area contributed by atoms with Crippen LogP contribution in [0.1, 0.15) is 22.7 Å². The van der Waals surface area contributed by atoms with Gasteiger partial charge in [0.1, 0.15) is 29.3 Å². The molecule has 140 valence electrons. The fourth-order valence-electron chi connectivity index (χ4n) is 2.77. The number of nitro benzene ring substituents is 1. The maximum atomic E-state index is 11.6. The third kappa shape index (κ3) is 2.95. The van der Waals surface area contributed by atoms with Gasteiger partial charge in [0.15, 0.2) is 6.19 Å². The molecule has 0 saturated heterocycles. The van der Waals surface area contributed by atoms with Gasteiger partial charge < -0.3 is 16.8 Å². The molecule has 0 saturated carbocycles. The van der Waals surface area contributed by atoms with Crippen molar-refractivity contribution < 1.29 is 4.92 Å². The largest absolute Gasteiger partial charge is 0.397 e. The smallest absolute Gasteiger partial charge is 0.276 e. The number of aromatic nitrogens is 1. The third-order valence-electron chi connectivity index (χ3n) is 3.94. The number of nitrogen functional groups attached to an aromatic ring is 2. The van der Waals surface area contributed by atoms with Crippen molar-refractivity contribution in [2.24, 2.45) is 4.99 Å². The molecule has 1 atom stereocenters.